The summed E-state index contributed by atoms with van der Waals surface area (Å²) in [6.07, 6.45) is 3.61. The van der Waals surface area contributed by atoms with Crippen LogP contribution in [0.4, 0.5) is 5.82 Å². The van der Waals surface area contributed by atoms with Gasteiger partial charge in [-0.15, -0.1) is 11.3 Å². The van der Waals surface area contributed by atoms with E-state index in [-0.39, 0.29) is 5.91 Å². The zero-order chi connectivity index (χ0) is 16.8. The lowest BCUT2D eigenvalue weighted by molar-refractivity contribution is 0.0957. The van der Waals surface area contributed by atoms with Crippen molar-refractivity contribution < 1.29 is 4.79 Å². The molecule has 0 spiro atoms. The van der Waals surface area contributed by atoms with E-state index >= 15 is 0 Å². The first kappa shape index (κ1) is 17.6. The van der Waals surface area contributed by atoms with E-state index < -0.39 is 0 Å². The molecule has 0 unspecified atom stereocenters. The number of nitrogens with zero attached hydrogens (tertiary/aromatic N) is 3. The number of likely N-dealkylation sites (N-methyl/N-ethyl adjacent to an activating group) is 1. The molecule has 2 aromatic rings. The SMILES string of the molecule is CCCCNC(=O)c1sc2ncnc(NCCN(C)C)c2c1C. The molecule has 0 aliphatic rings. The predicted octanol–water partition coefficient (Wildman–Crippen LogP) is 2.50. The van der Waals surface area contributed by atoms with E-state index in [0.29, 0.717) is 6.54 Å². The smallest absolute Gasteiger partial charge is 0.261 e. The fraction of sp³-hybridized carbons (Fsp3) is 0.562. The van der Waals surface area contributed by atoms with Crippen molar-refractivity contribution in [2.24, 2.45) is 0 Å². The Labute approximate surface area is 141 Å². The molecule has 2 heterocycles. The lowest BCUT2D eigenvalue weighted by Gasteiger charge is -2.11. The Kier molecular flexibility index (Phi) is 6.29. The number of aromatic nitrogens is 2. The molecule has 7 heteroatoms. The van der Waals surface area contributed by atoms with E-state index in [2.05, 4.69) is 32.4 Å². The van der Waals surface area contributed by atoms with Crippen LogP contribution in [-0.4, -0.2) is 54.5 Å². The molecule has 0 saturated heterocycles. The highest BCUT2D eigenvalue weighted by atomic mass is 32.1. The number of unbranched alkanes of at least 4 members (excludes halogenated alkanes) is 1. The van der Waals surface area contributed by atoms with Crippen molar-refractivity contribution in [2.75, 3.05) is 39.0 Å². The third-order valence-electron chi connectivity index (χ3n) is 3.60. The molecule has 2 aromatic heterocycles. The first-order chi connectivity index (χ1) is 11.0. The number of hydrogen-bond donors (Lipinski definition) is 2. The monoisotopic (exact) mass is 335 g/mol. The van der Waals surface area contributed by atoms with Crippen LogP contribution in [0.15, 0.2) is 6.33 Å². The fourth-order valence-corrected chi connectivity index (χ4v) is 3.34. The number of fused-ring (bicyclic) bond motifs is 1. The standard InChI is InChI=1S/C16H25N5OS/c1-5-6-7-18-15(22)13-11(2)12-14(17-8-9-21(3)4)19-10-20-16(12)23-13/h10H,5-9H2,1-4H3,(H,18,22)(H,17,19,20). The Morgan fingerprint density at radius 3 is 2.78 bits per heavy atom. The molecule has 0 atom stereocenters. The first-order valence-corrected chi connectivity index (χ1v) is 8.77. The third-order valence-corrected chi connectivity index (χ3v) is 4.80. The molecule has 0 radical (unpaired) electrons. The van der Waals surface area contributed by atoms with Gasteiger partial charge in [0.05, 0.1) is 10.3 Å². The second kappa shape index (κ2) is 8.21. The Hall–Kier alpha value is -1.73. The van der Waals surface area contributed by atoms with Gasteiger partial charge >= 0.3 is 0 Å². The normalized spacial score (nSPS) is 11.2. The summed E-state index contributed by atoms with van der Waals surface area (Å²) in [5, 5.41) is 7.28. The van der Waals surface area contributed by atoms with Crippen LogP contribution in [0.3, 0.4) is 0 Å². The van der Waals surface area contributed by atoms with Gasteiger partial charge in [-0.1, -0.05) is 13.3 Å². The highest BCUT2D eigenvalue weighted by molar-refractivity contribution is 7.20. The molecule has 0 aromatic carbocycles. The van der Waals surface area contributed by atoms with E-state index in [9.17, 15) is 4.79 Å². The largest absolute Gasteiger partial charge is 0.368 e. The van der Waals surface area contributed by atoms with Crippen LogP contribution in [0.5, 0.6) is 0 Å². The van der Waals surface area contributed by atoms with Gasteiger partial charge in [-0.05, 0) is 33.0 Å². The second-order valence-electron chi connectivity index (χ2n) is 5.80. The lowest BCUT2D eigenvalue weighted by atomic mass is 10.2. The summed E-state index contributed by atoms with van der Waals surface area (Å²) in [6.45, 7) is 6.50. The lowest BCUT2D eigenvalue weighted by Crippen LogP contribution is -2.24. The Morgan fingerprint density at radius 1 is 1.30 bits per heavy atom. The van der Waals surface area contributed by atoms with Crippen LogP contribution in [0.2, 0.25) is 0 Å². The summed E-state index contributed by atoms with van der Waals surface area (Å²) in [5.41, 5.74) is 0.951. The molecular weight excluding hydrogens is 310 g/mol. The zero-order valence-electron chi connectivity index (χ0n) is 14.3. The van der Waals surface area contributed by atoms with Gasteiger partial charge in [-0.2, -0.15) is 0 Å². The zero-order valence-corrected chi connectivity index (χ0v) is 15.1. The molecule has 2 N–H and O–H groups in total. The summed E-state index contributed by atoms with van der Waals surface area (Å²) in [7, 11) is 4.07. The average molecular weight is 335 g/mol. The Bertz CT molecular complexity index is 668. The number of amides is 1. The summed E-state index contributed by atoms with van der Waals surface area (Å²) in [5.74, 6) is 0.788. The number of carbonyl (C=O) groups excluding carboxylic acids is 1. The van der Waals surface area contributed by atoms with Gasteiger partial charge in [-0.3, -0.25) is 4.79 Å². The number of thiophene rings is 1. The minimum atomic E-state index is -0.0156. The maximum Gasteiger partial charge on any atom is 0.261 e. The van der Waals surface area contributed by atoms with Crippen molar-refractivity contribution in [3.8, 4) is 0 Å². The molecule has 0 aliphatic heterocycles. The molecule has 23 heavy (non-hydrogen) atoms. The van der Waals surface area contributed by atoms with Crippen molar-refractivity contribution in [1.82, 2.24) is 20.2 Å². The summed E-state index contributed by atoms with van der Waals surface area (Å²) >= 11 is 1.43. The van der Waals surface area contributed by atoms with E-state index in [1.54, 1.807) is 6.33 Å². The number of hydrogen-bond acceptors (Lipinski definition) is 6. The summed E-state index contributed by atoms with van der Waals surface area (Å²) in [4.78, 5) is 24.7. The van der Waals surface area contributed by atoms with Crippen LogP contribution in [-0.2, 0) is 0 Å². The highest BCUT2D eigenvalue weighted by Gasteiger charge is 2.18. The van der Waals surface area contributed by atoms with Crippen LogP contribution in [0.25, 0.3) is 10.2 Å². The molecular formula is C16H25N5OS. The molecule has 0 aliphatic carbocycles. The van der Waals surface area contributed by atoms with Crippen LogP contribution < -0.4 is 10.6 Å². The second-order valence-corrected chi connectivity index (χ2v) is 6.80. The maximum absolute atomic E-state index is 12.3. The molecule has 126 valence electrons. The topological polar surface area (TPSA) is 70.1 Å². The maximum atomic E-state index is 12.3. The molecule has 0 fully saturated rings. The molecule has 6 nitrogen and oxygen atoms in total. The Balaban J connectivity index is 2.22. The van der Waals surface area contributed by atoms with Gasteiger partial charge in [0.2, 0.25) is 0 Å². The van der Waals surface area contributed by atoms with Gasteiger partial charge < -0.3 is 15.5 Å². The number of nitrogens with one attached hydrogen (secondary N) is 2. The predicted molar refractivity (Wildman–Crippen MR) is 96.4 cm³/mol. The number of carbonyl (C=O) groups is 1. The van der Waals surface area contributed by atoms with E-state index in [1.165, 1.54) is 11.3 Å². The van der Waals surface area contributed by atoms with E-state index in [1.807, 2.05) is 21.0 Å². The van der Waals surface area contributed by atoms with Gasteiger partial charge in [0, 0.05) is 19.6 Å². The van der Waals surface area contributed by atoms with Crippen LogP contribution in [0, 0.1) is 6.92 Å². The van der Waals surface area contributed by atoms with Gasteiger partial charge in [0.1, 0.15) is 17.0 Å². The molecule has 0 bridgehead atoms. The fourth-order valence-electron chi connectivity index (χ4n) is 2.28. The van der Waals surface area contributed by atoms with E-state index in [0.717, 1.165) is 52.4 Å². The quantitative estimate of drug-likeness (QED) is 0.725. The highest BCUT2D eigenvalue weighted by Crippen LogP contribution is 2.33. The van der Waals surface area contributed by atoms with Crippen LogP contribution >= 0.6 is 11.3 Å². The first-order valence-electron chi connectivity index (χ1n) is 7.95. The molecule has 1 amide bonds. The number of aryl methyl sites for hydroxylation is 1. The van der Waals surface area contributed by atoms with Crippen LogP contribution in [0.1, 0.15) is 35.0 Å². The van der Waals surface area contributed by atoms with Crippen molar-refractivity contribution in [3.05, 3.63) is 16.8 Å². The van der Waals surface area contributed by atoms with Crippen molar-refractivity contribution in [3.63, 3.8) is 0 Å². The van der Waals surface area contributed by atoms with Crippen molar-refractivity contribution in [1.29, 1.82) is 0 Å². The average Bonchev–Trinajstić information content (AvgIpc) is 2.85. The van der Waals surface area contributed by atoms with Gasteiger partial charge in [0.15, 0.2) is 0 Å². The number of anilines is 1. The summed E-state index contributed by atoms with van der Waals surface area (Å²) in [6, 6.07) is 0. The minimum absolute atomic E-state index is 0.0156. The van der Waals surface area contributed by atoms with E-state index in [4.69, 9.17) is 0 Å². The number of rotatable bonds is 8. The Morgan fingerprint density at radius 2 is 2.09 bits per heavy atom. The van der Waals surface area contributed by atoms with Crippen molar-refractivity contribution in [2.45, 2.75) is 26.7 Å². The summed E-state index contributed by atoms with van der Waals surface area (Å²) < 4.78 is 0. The van der Waals surface area contributed by atoms with Crippen molar-refractivity contribution >= 4 is 33.3 Å². The van der Waals surface area contributed by atoms with Gasteiger partial charge in [-0.25, -0.2) is 9.97 Å². The molecule has 0 saturated carbocycles. The minimum Gasteiger partial charge on any atom is -0.368 e. The van der Waals surface area contributed by atoms with Gasteiger partial charge in [0.25, 0.3) is 5.91 Å². The third kappa shape index (κ3) is 4.39. The molecule has 2 rings (SSSR count).